The third kappa shape index (κ3) is 2.96. The van der Waals surface area contributed by atoms with E-state index < -0.39 is 0 Å². The number of aryl methyl sites for hydroxylation is 2. The van der Waals surface area contributed by atoms with E-state index in [0.29, 0.717) is 12.0 Å². The third-order valence-electron chi connectivity index (χ3n) is 3.62. The maximum Gasteiger partial charge on any atom is 0.260 e. The Morgan fingerprint density at radius 2 is 2.05 bits per heavy atom. The Bertz CT molecular complexity index is 834. The normalized spacial score (nSPS) is 11.2. The lowest BCUT2D eigenvalue weighted by Gasteiger charge is -2.02. The molecule has 0 aliphatic carbocycles. The second-order valence-corrected chi connectivity index (χ2v) is 6.16. The molecule has 2 heterocycles. The van der Waals surface area contributed by atoms with Gasteiger partial charge in [-0.2, -0.15) is 0 Å². The lowest BCUT2D eigenvalue weighted by molar-refractivity contribution is 0.194. The zero-order valence-corrected chi connectivity index (χ0v) is 13.5. The van der Waals surface area contributed by atoms with Gasteiger partial charge < -0.3 is 9.72 Å². The minimum absolute atomic E-state index is 0.0609. The summed E-state index contributed by atoms with van der Waals surface area (Å²) < 4.78 is 5.04. The van der Waals surface area contributed by atoms with Crippen molar-refractivity contribution in [2.75, 3.05) is 13.7 Å². The number of rotatable bonds is 5. The Morgan fingerprint density at radius 1 is 1.27 bits per heavy atom. The van der Waals surface area contributed by atoms with E-state index in [1.165, 1.54) is 16.9 Å². The first-order valence-corrected chi connectivity index (χ1v) is 8.13. The van der Waals surface area contributed by atoms with Gasteiger partial charge >= 0.3 is 0 Å². The van der Waals surface area contributed by atoms with Crippen LogP contribution in [0.1, 0.15) is 17.8 Å². The van der Waals surface area contributed by atoms with E-state index in [1.54, 1.807) is 7.11 Å². The Balaban J connectivity index is 2.01. The molecule has 0 amide bonds. The fourth-order valence-electron chi connectivity index (χ4n) is 2.44. The fraction of sp³-hybridized carbons (Fsp3) is 0.294. The zero-order chi connectivity index (χ0) is 15.5. The van der Waals surface area contributed by atoms with Crippen molar-refractivity contribution >= 4 is 21.6 Å². The molecule has 0 aliphatic rings. The molecule has 0 unspecified atom stereocenters. The third-order valence-corrected chi connectivity index (χ3v) is 4.49. The summed E-state index contributed by atoms with van der Waals surface area (Å²) in [7, 11) is 1.67. The number of thiophene rings is 1. The first-order chi connectivity index (χ1) is 10.7. The van der Waals surface area contributed by atoms with E-state index in [4.69, 9.17) is 4.74 Å². The molecule has 0 saturated heterocycles. The molecule has 0 bridgehead atoms. The van der Waals surface area contributed by atoms with Crippen molar-refractivity contribution < 1.29 is 4.74 Å². The molecule has 0 spiro atoms. The summed E-state index contributed by atoms with van der Waals surface area (Å²) in [6.45, 7) is 2.72. The van der Waals surface area contributed by atoms with Crippen molar-refractivity contribution in [1.29, 1.82) is 0 Å². The molecule has 1 N–H and O–H groups in total. The van der Waals surface area contributed by atoms with Gasteiger partial charge in [0, 0.05) is 31.1 Å². The van der Waals surface area contributed by atoms with Gasteiger partial charge in [-0.05, 0) is 18.9 Å². The SMILES string of the molecule is COCCCc1nc2scc(-c3ccc(C)cc3)c2c(=O)[nH]1. The lowest BCUT2D eigenvalue weighted by Crippen LogP contribution is -2.11. The topological polar surface area (TPSA) is 55.0 Å². The molecule has 3 rings (SSSR count). The average Bonchev–Trinajstić information content (AvgIpc) is 2.93. The van der Waals surface area contributed by atoms with Gasteiger partial charge in [0.05, 0.1) is 5.39 Å². The number of aromatic amines is 1. The zero-order valence-electron chi connectivity index (χ0n) is 12.7. The second kappa shape index (κ2) is 6.42. The molecular formula is C17H18N2O2S. The first-order valence-electron chi connectivity index (χ1n) is 7.25. The Kier molecular flexibility index (Phi) is 4.36. The minimum atomic E-state index is -0.0609. The number of benzene rings is 1. The quantitative estimate of drug-likeness (QED) is 0.733. The molecule has 0 aliphatic heterocycles. The first kappa shape index (κ1) is 14.9. The number of hydrogen-bond acceptors (Lipinski definition) is 4. The molecule has 22 heavy (non-hydrogen) atoms. The van der Waals surface area contributed by atoms with Gasteiger partial charge in [-0.15, -0.1) is 11.3 Å². The van der Waals surface area contributed by atoms with E-state index in [0.717, 1.165) is 34.6 Å². The average molecular weight is 314 g/mol. The fourth-order valence-corrected chi connectivity index (χ4v) is 3.41. The second-order valence-electron chi connectivity index (χ2n) is 5.30. The summed E-state index contributed by atoms with van der Waals surface area (Å²) in [4.78, 5) is 20.7. The van der Waals surface area contributed by atoms with Crippen LogP contribution in [0.2, 0.25) is 0 Å². The van der Waals surface area contributed by atoms with Crippen LogP contribution in [0.4, 0.5) is 0 Å². The van der Waals surface area contributed by atoms with Crippen molar-refractivity contribution in [2.45, 2.75) is 19.8 Å². The van der Waals surface area contributed by atoms with Gasteiger partial charge in [0.25, 0.3) is 5.56 Å². The molecule has 1 aromatic carbocycles. The summed E-state index contributed by atoms with van der Waals surface area (Å²) in [6, 6.07) is 8.20. The summed E-state index contributed by atoms with van der Waals surface area (Å²) >= 11 is 1.52. The van der Waals surface area contributed by atoms with Crippen LogP contribution in [0.25, 0.3) is 21.3 Å². The monoisotopic (exact) mass is 314 g/mol. The highest BCUT2D eigenvalue weighted by atomic mass is 32.1. The molecule has 2 aromatic heterocycles. The molecule has 0 atom stereocenters. The van der Waals surface area contributed by atoms with Crippen LogP contribution in [-0.2, 0) is 11.2 Å². The summed E-state index contributed by atoms with van der Waals surface area (Å²) in [5.41, 5.74) is 3.15. The van der Waals surface area contributed by atoms with E-state index in [9.17, 15) is 4.79 Å². The molecule has 5 heteroatoms. The van der Waals surface area contributed by atoms with Crippen LogP contribution in [0, 0.1) is 6.92 Å². The van der Waals surface area contributed by atoms with Gasteiger partial charge in [-0.25, -0.2) is 4.98 Å². The number of ether oxygens (including phenoxy) is 1. The van der Waals surface area contributed by atoms with Crippen molar-refractivity contribution in [3.8, 4) is 11.1 Å². The Morgan fingerprint density at radius 3 is 2.77 bits per heavy atom. The molecule has 0 radical (unpaired) electrons. The number of aromatic nitrogens is 2. The van der Waals surface area contributed by atoms with Gasteiger partial charge in [-0.3, -0.25) is 4.79 Å². The highest BCUT2D eigenvalue weighted by Crippen LogP contribution is 2.30. The number of fused-ring (bicyclic) bond motifs is 1. The van der Waals surface area contributed by atoms with E-state index in [1.807, 2.05) is 17.5 Å². The maximum atomic E-state index is 12.4. The summed E-state index contributed by atoms with van der Waals surface area (Å²) in [5, 5.41) is 2.70. The minimum Gasteiger partial charge on any atom is -0.385 e. The summed E-state index contributed by atoms with van der Waals surface area (Å²) in [6.07, 6.45) is 1.57. The molecule has 0 fully saturated rings. The van der Waals surface area contributed by atoms with Crippen LogP contribution >= 0.6 is 11.3 Å². The Labute approximate surface area is 132 Å². The van der Waals surface area contributed by atoms with E-state index in [2.05, 4.69) is 29.0 Å². The van der Waals surface area contributed by atoms with Crippen molar-refractivity contribution in [2.24, 2.45) is 0 Å². The number of hydrogen-bond donors (Lipinski definition) is 1. The van der Waals surface area contributed by atoms with Crippen molar-refractivity contribution in [1.82, 2.24) is 9.97 Å². The van der Waals surface area contributed by atoms with Crippen LogP contribution in [0.3, 0.4) is 0 Å². The maximum absolute atomic E-state index is 12.4. The van der Waals surface area contributed by atoms with Crippen molar-refractivity contribution in [3.05, 3.63) is 51.4 Å². The van der Waals surface area contributed by atoms with Gasteiger partial charge in [-0.1, -0.05) is 29.8 Å². The van der Waals surface area contributed by atoms with E-state index in [-0.39, 0.29) is 5.56 Å². The number of nitrogens with zero attached hydrogens (tertiary/aromatic N) is 1. The highest BCUT2D eigenvalue weighted by molar-refractivity contribution is 7.17. The van der Waals surface area contributed by atoms with Crippen LogP contribution in [0.5, 0.6) is 0 Å². The largest absolute Gasteiger partial charge is 0.385 e. The van der Waals surface area contributed by atoms with Crippen LogP contribution in [0.15, 0.2) is 34.4 Å². The smallest absolute Gasteiger partial charge is 0.260 e. The molecular weight excluding hydrogens is 296 g/mol. The highest BCUT2D eigenvalue weighted by Gasteiger charge is 2.12. The number of methoxy groups -OCH3 is 1. The molecule has 0 saturated carbocycles. The van der Waals surface area contributed by atoms with Crippen LogP contribution in [-0.4, -0.2) is 23.7 Å². The molecule has 4 nitrogen and oxygen atoms in total. The number of H-pyrrole nitrogens is 1. The predicted octanol–water partition coefficient (Wildman–Crippen LogP) is 3.54. The number of nitrogens with one attached hydrogen (secondary N) is 1. The van der Waals surface area contributed by atoms with Gasteiger partial charge in [0.1, 0.15) is 10.7 Å². The van der Waals surface area contributed by atoms with E-state index >= 15 is 0 Å². The van der Waals surface area contributed by atoms with Crippen LogP contribution < -0.4 is 5.56 Å². The lowest BCUT2D eigenvalue weighted by atomic mass is 10.1. The van der Waals surface area contributed by atoms with Crippen molar-refractivity contribution in [3.63, 3.8) is 0 Å². The molecule has 3 aromatic rings. The van der Waals surface area contributed by atoms with Gasteiger partial charge in [0.15, 0.2) is 0 Å². The molecule has 114 valence electrons. The summed E-state index contributed by atoms with van der Waals surface area (Å²) in [5.74, 6) is 0.729. The van der Waals surface area contributed by atoms with Gasteiger partial charge in [0.2, 0.25) is 0 Å². The predicted molar refractivity (Wildman–Crippen MR) is 90.6 cm³/mol. The standard InChI is InChI=1S/C17H18N2O2S/c1-11-5-7-12(8-6-11)13-10-22-17-15(13)16(20)18-14(19-17)4-3-9-21-2/h5-8,10H,3-4,9H2,1-2H3,(H,18,19,20). The Hall–Kier alpha value is -1.98.